The summed E-state index contributed by atoms with van der Waals surface area (Å²) in [5.74, 6) is -0.0250. The van der Waals surface area contributed by atoms with Crippen LogP contribution in [0, 0.1) is 0 Å². The molecule has 0 aliphatic carbocycles. The minimum atomic E-state index is -0.0250. The molecule has 3 nitrogen and oxygen atoms in total. The second-order valence-electron chi connectivity index (χ2n) is 6.20. The summed E-state index contributed by atoms with van der Waals surface area (Å²) in [5, 5.41) is 2.97. The Kier molecular flexibility index (Phi) is 5.43. The van der Waals surface area contributed by atoms with Crippen molar-refractivity contribution in [3.63, 3.8) is 0 Å². The molecule has 23 heavy (non-hydrogen) atoms. The van der Waals surface area contributed by atoms with E-state index in [4.69, 9.17) is 0 Å². The van der Waals surface area contributed by atoms with Gasteiger partial charge in [0.1, 0.15) is 0 Å². The van der Waals surface area contributed by atoms with Crippen LogP contribution >= 0.6 is 0 Å². The van der Waals surface area contributed by atoms with Crippen LogP contribution in [0.2, 0.25) is 0 Å². The molecule has 1 aliphatic rings. The van der Waals surface area contributed by atoms with Crippen LogP contribution < -0.4 is 5.32 Å². The second kappa shape index (κ2) is 7.93. The number of hydrogen-bond acceptors (Lipinski definition) is 2. The Labute approximate surface area is 138 Å². The number of nitrogens with zero attached hydrogens (tertiary/aromatic N) is 1. The van der Waals surface area contributed by atoms with Gasteiger partial charge >= 0.3 is 0 Å². The van der Waals surface area contributed by atoms with Gasteiger partial charge in [0.25, 0.3) is 5.91 Å². The zero-order valence-electron chi connectivity index (χ0n) is 13.5. The lowest BCUT2D eigenvalue weighted by Gasteiger charge is -2.26. The molecule has 1 N–H and O–H groups in total. The van der Waals surface area contributed by atoms with E-state index in [0.717, 1.165) is 12.1 Å². The SMILES string of the molecule is O=C(NCc1ccc(CN2CCCCC2)cc1)c1ccccc1. The van der Waals surface area contributed by atoms with Crippen molar-refractivity contribution in [3.8, 4) is 0 Å². The van der Waals surface area contributed by atoms with Gasteiger partial charge in [-0.1, -0.05) is 48.9 Å². The Morgan fingerprint density at radius 2 is 1.52 bits per heavy atom. The Hall–Kier alpha value is -2.13. The Morgan fingerprint density at radius 1 is 0.870 bits per heavy atom. The van der Waals surface area contributed by atoms with E-state index in [1.807, 2.05) is 30.3 Å². The average Bonchev–Trinajstić information content (AvgIpc) is 2.62. The molecule has 0 atom stereocenters. The molecule has 1 fully saturated rings. The van der Waals surface area contributed by atoms with E-state index in [-0.39, 0.29) is 5.91 Å². The summed E-state index contributed by atoms with van der Waals surface area (Å²) in [6, 6.07) is 17.9. The van der Waals surface area contributed by atoms with Gasteiger partial charge in [-0.25, -0.2) is 0 Å². The largest absolute Gasteiger partial charge is 0.348 e. The molecule has 0 saturated carbocycles. The lowest BCUT2D eigenvalue weighted by Crippen LogP contribution is -2.29. The molecule has 3 rings (SSSR count). The lowest BCUT2D eigenvalue weighted by atomic mass is 10.1. The highest BCUT2D eigenvalue weighted by Crippen LogP contribution is 2.13. The number of amides is 1. The monoisotopic (exact) mass is 308 g/mol. The maximum Gasteiger partial charge on any atom is 0.251 e. The normalized spacial score (nSPS) is 15.3. The highest BCUT2D eigenvalue weighted by molar-refractivity contribution is 5.94. The van der Waals surface area contributed by atoms with E-state index in [1.165, 1.54) is 37.9 Å². The molecule has 2 aromatic carbocycles. The first-order valence-electron chi connectivity index (χ1n) is 8.45. The first kappa shape index (κ1) is 15.8. The van der Waals surface area contributed by atoms with Crippen LogP contribution in [-0.2, 0) is 13.1 Å². The first-order valence-corrected chi connectivity index (χ1v) is 8.45. The molecule has 1 heterocycles. The molecule has 3 heteroatoms. The molecule has 0 aromatic heterocycles. The van der Waals surface area contributed by atoms with Crippen LogP contribution in [0.4, 0.5) is 0 Å². The molecule has 2 aromatic rings. The molecular weight excluding hydrogens is 284 g/mol. The van der Waals surface area contributed by atoms with Crippen molar-refractivity contribution in [1.82, 2.24) is 10.2 Å². The van der Waals surface area contributed by atoms with E-state index < -0.39 is 0 Å². The number of benzene rings is 2. The zero-order chi connectivity index (χ0) is 15.9. The van der Waals surface area contributed by atoms with Crippen molar-refractivity contribution in [1.29, 1.82) is 0 Å². The highest BCUT2D eigenvalue weighted by atomic mass is 16.1. The van der Waals surface area contributed by atoms with E-state index >= 15 is 0 Å². The summed E-state index contributed by atoms with van der Waals surface area (Å²) in [7, 11) is 0. The van der Waals surface area contributed by atoms with Gasteiger partial charge in [0.15, 0.2) is 0 Å². The van der Waals surface area contributed by atoms with E-state index in [2.05, 4.69) is 34.5 Å². The molecule has 1 amide bonds. The van der Waals surface area contributed by atoms with Crippen molar-refractivity contribution in [2.75, 3.05) is 13.1 Å². The zero-order valence-corrected chi connectivity index (χ0v) is 13.5. The predicted molar refractivity (Wildman–Crippen MR) is 93.2 cm³/mol. The summed E-state index contributed by atoms with van der Waals surface area (Å²) < 4.78 is 0. The average molecular weight is 308 g/mol. The number of carbonyl (C=O) groups excluding carboxylic acids is 1. The lowest BCUT2D eigenvalue weighted by molar-refractivity contribution is 0.0951. The Balaban J connectivity index is 1.50. The first-order chi connectivity index (χ1) is 11.3. The van der Waals surface area contributed by atoms with E-state index in [1.54, 1.807) is 0 Å². The summed E-state index contributed by atoms with van der Waals surface area (Å²) in [6.45, 7) is 4.04. The van der Waals surface area contributed by atoms with Gasteiger partial charge in [-0.3, -0.25) is 9.69 Å². The van der Waals surface area contributed by atoms with Gasteiger partial charge in [0.05, 0.1) is 0 Å². The van der Waals surface area contributed by atoms with E-state index in [0.29, 0.717) is 12.1 Å². The van der Waals surface area contributed by atoms with Crippen molar-refractivity contribution in [3.05, 3.63) is 71.3 Å². The van der Waals surface area contributed by atoms with Crippen molar-refractivity contribution in [2.45, 2.75) is 32.4 Å². The molecule has 0 spiro atoms. The molecule has 0 unspecified atom stereocenters. The number of carbonyl (C=O) groups is 1. The molecule has 1 aliphatic heterocycles. The minimum absolute atomic E-state index is 0.0250. The van der Waals surface area contributed by atoms with Crippen molar-refractivity contribution in [2.24, 2.45) is 0 Å². The van der Waals surface area contributed by atoms with Gasteiger partial charge in [-0.2, -0.15) is 0 Å². The molecule has 0 radical (unpaired) electrons. The third kappa shape index (κ3) is 4.67. The smallest absolute Gasteiger partial charge is 0.251 e. The minimum Gasteiger partial charge on any atom is -0.348 e. The van der Waals surface area contributed by atoms with Gasteiger partial charge < -0.3 is 5.32 Å². The van der Waals surface area contributed by atoms with Crippen LogP contribution in [0.5, 0.6) is 0 Å². The number of piperidine rings is 1. The van der Waals surface area contributed by atoms with Gasteiger partial charge in [-0.05, 0) is 49.2 Å². The summed E-state index contributed by atoms with van der Waals surface area (Å²) >= 11 is 0. The quantitative estimate of drug-likeness (QED) is 0.915. The number of likely N-dealkylation sites (tertiary alicyclic amines) is 1. The molecule has 1 saturated heterocycles. The van der Waals surface area contributed by atoms with Crippen LogP contribution in [0.3, 0.4) is 0 Å². The Bertz CT molecular complexity index is 616. The standard InChI is InChI=1S/C20H24N2O/c23-20(19-7-3-1-4-8-19)21-15-17-9-11-18(12-10-17)16-22-13-5-2-6-14-22/h1,3-4,7-12H,2,5-6,13-16H2,(H,21,23). The molecular formula is C20H24N2O. The van der Waals surface area contributed by atoms with Crippen LogP contribution in [0.25, 0.3) is 0 Å². The van der Waals surface area contributed by atoms with Crippen molar-refractivity contribution < 1.29 is 4.79 Å². The van der Waals surface area contributed by atoms with Crippen LogP contribution in [-0.4, -0.2) is 23.9 Å². The fourth-order valence-electron chi connectivity index (χ4n) is 3.01. The van der Waals surface area contributed by atoms with Crippen LogP contribution in [0.15, 0.2) is 54.6 Å². The van der Waals surface area contributed by atoms with Crippen LogP contribution in [0.1, 0.15) is 40.7 Å². The Morgan fingerprint density at radius 3 is 2.22 bits per heavy atom. The predicted octanol–water partition coefficient (Wildman–Crippen LogP) is 3.60. The van der Waals surface area contributed by atoms with E-state index in [9.17, 15) is 4.79 Å². The number of nitrogens with one attached hydrogen (secondary N) is 1. The third-order valence-corrected chi connectivity index (χ3v) is 4.37. The molecule has 0 bridgehead atoms. The van der Waals surface area contributed by atoms with Gasteiger partial charge in [0.2, 0.25) is 0 Å². The maximum absolute atomic E-state index is 12.0. The van der Waals surface area contributed by atoms with Crippen molar-refractivity contribution >= 4 is 5.91 Å². The summed E-state index contributed by atoms with van der Waals surface area (Å²) in [6.07, 6.45) is 4.02. The fourth-order valence-corrected chi connectivity index (χ4v) is 3.01. The van der Waals surface area contributed by atoms with Gasteiger partial charge in [0, 0.05) is 18.7 Å². The second-order valence-corrected chi connectivity index (χ2v) is 6.20. The fraction of sp³-hybridized carbons (Fsp3) is 0.350. The maximum atomic E-state index is 12.0. The van der Waals surface area contributed by atoms with Gasteiger partial charge in [-0.15, -0.1) is 0 Å². The number of rotatable bonds is 5. The summed E-state index contributed by atoms with van der Waals surface area (Å²) in [5.41, 5.74) is 3.19. The molecule has 120 valence electrons. The summed E-state index contributed by atoms with van der Waals surface area (Å²) in [4.78, 5) is 14.6. The number of hydrogen-bond donors (Lipinski definition) is 1. The highest BCUT2D eigenvalue weighted by Gasteiger charge is 2.10. The topological polar surface area (TPSA) is 32.3 Å². The third-order valence-electron chi connectivity index (χ3n) is 4.37.